The molecule has 0 radical (unpaired) electrons. The average molecular weight is 517 g/mol. The van der Waals surface area contributed by atoms with Crippen LogP contribution in [-0.2, 0) is 14.8 Å². The number of hydrogen-bond donors (Lipinski definition) is 2. The number of ether oxygens (including phenoxy) is 1. The molecular formula is C25H29ClN4O4S. The van der Waals surface area contributed by atoms with Crippen LogP contribution >= 0.6 is 11.6 Å². The number of carbonyl (C=O) groups is 1. The number of hydrogen-bond acceptors (Lipinski definition) is 6. The van der Waals surface area contributed by atoms with Crippen LogP contribution in [0.5, 0.6) is 5.75 Å². The highest BCUT2D eigenvalue weighted by Gasteiger charge is 2.33. The first-order valence-electron chi connectivity index (χ1n) is 11.7. The van der Waals surface area contributed by atoms with E-state index in [4.69, 9.17) is 16.3 Å². The number of rotatable bonds is 9. The standard InChI is InChI=1S/C25H29ClN4O4S/c1-2-34-20-6-8-21(9-7-20)35(32,33)30-15-3-4-18(17-30)25(31)29-14-13-28-23-11-12-27-24-16-19(26)5-10-22(23)24/h5-12,16,18H,2-4,13-15,17H2,1H3,(H,27,28)(H,29,31)/t18-/m1/s1. The lowest BCUT2D eigenvalue weighted by Crippen LogP contribution is -2.46. The molecule has 1 aliphatic rings. The monoisotopic (exact) mass is 516 g/mol. The summed E-state index contributed by atoms with van der Waals surface area (Å²) >= 11 is 6.04. The normalized spacial score (nSPS) is 16.7. The van der Waals surface area contributed by atoms with Crippen LogP contribution in [0.2, 0.25) is 5.02 Å². The highest BCUT2D eigenvalue weighted by Crippen LogP contribution is 2.26. The van der Waals surface area contributed by atoms with Crippen molar-refractivity contribution in [2.45, 2.75) is 24.7 Å². The third kappa shape index (κ3) is 6.04. The summed E-state index contributed by atoms with van der Waals surface area (Å²) in [5.41, 5.74) is 1.70. The van der Waals surface area contributed by atoms with E-state index in [1.807, 2.05) is 25.1 Å². The molecule has 3 aromatic rings. The van der Waals surface area contributed by atoms with E-state index in [2.05, 4.69) is 15.6 Å². The first-order valence-corrected chi connectivity index (χ1v) is 13.5. The van der Waals surface area contributed by atoms with Crippen LogP contribution < -0.4 is 15.4 Å². The lowest BCUT2D eigenvalue weighted by molar-refractivity contribution is -0.125. The van der Waals surface area contributed by atoms with Gasteiger partial charge in [-0.05, 0) is 68.3 Å². The van der Waals surface area contributed by atoms with Gasteiger partial charge in [-0.3, -0.25) is 9.78 Å². The van der Waals surface area contributed by atoms with E-state index < -0.39 is 10.0 Å². The Balaban J connectivity index is 1.31. The van der Waals surface area contributed by atoms with Gasteiger partial charge in [-0.25, -0.2) is 8.42 Å². The average Bonchev–Trinajstić information content (AvgIpc) is 2.87. The smallest absolute Gasteiger partial charge is 0.243 e. The van der Waals surface area contributed by atoms with E-state index in [1.54, 1.807) is 36.5 Å². The van der Waals surface area contributed by atoms with Crippen molar-refractivity contribution in [1.82, 2.24) is 14.6 Å². The number of nitrogens with zero attached hydrogens (tertiary/aromatic N) is 2. The van der Waals surface area contributed by atoms with E-state index in [-0.39, 0.29) is 23.3 Å². The molecule has 0 saturated carbocycles. The van der Waals surface area contributed by atoms with E-state index in [1.165, 1.54) is 4.31 Å². The molecule has 35 heavy (non-hydrogen) atoms. The molecule has 8 nitrogen and oxygen atoms in total. The molecule has 186 valence electrons. The van der Waals surface area contributed by atoms with Crippen LogP contribution in [0.4, 0.5) is 5.69 Å². The Labute approximate surface area is 210 Å². The minimum Gasteiger partial charge on any atom is -0.494 e. The second kappa shape index (κ2) is 11.2. The zero-order valence-electron chi connectivity index (χ0n) is 19.5. The molecule has 2 aromatic carbocycles. The number of fused-ring (bicyclic) bond motifs is 1. The first kappa shape index (κ1) is 25.2. The highest BCUT2D eigenvalue weighted by molar-refractivity contribution is 7.89. The minimum absolute atomic E-state index is 0.134. The number of anilines is 1. The molecule has 0 aliphatic carbocycles. The van der Waals surface area contributed by atoms with Gasteiger partial charge in [0.2, 0.25) is 15.9 Å². The zero-order valence-corrected chi connectivity index (χ0v) is 21.1. The van der Waals surface area contributed by atoms with Gasteiger partial charge in [-0.15, -0.1) is 0 Å². The fourth-order valence-electron chi connectivity index (χ4n) is 4.20. The summed E-state index contributed by atoms with van der Waals surface area (Å²) in [4.78, 5) is 17.3. The van der Waals surface area contributed by atoms with Gasteiger partial charge in [0, 0.05) is 48.5 Å². The van der Waals surface area contributed by atoms with Crippen LogP contribution in [0.3, 0.4) is 0 Å². The molecule has 4 rings (SSSR count). The SMILES string of the molecule is CCOc1ccc(S(=O)(=O)N2CCC[C@@H](C(=O)NCCNc3ccnc4cc(Cl)ccc34)C2)cc1. The maximum Gasteiger partial charge on any atom is 0.243 e. The molecule has 2 heterocycles. The summed E-state index contributed by atoms with van der Waals surface area (Å²) in [6, 6.07) is 13.8. The molecule has 0 spiro atoms. The maximum absolute atomic E-state index is 13.1. The number of carbonyl (C=O) groups excluding carboxylic acids is 1. The Morgan fingerprint density at radius 3 is 2.74 bits per heavy atom. The molecular weight excluding hydrogens is 488 g/mol. The summed E-state index contributed by atoms with van der Waals surface area (Å²) in [6.45, 7) is 3.90. The number of amides is 1. The van der Waals surface area contributed by atoms with Crippen molar-refractivity contribution in [3.8, 4) is 5.75 Å². The van der Waals surface area contributed by atoms with Crippen LogP contribution in [0, 0.1) is 5.92 Å². The molecule has 1 amide bonds. The topological polar surface area (TPSA) is 101 Å². The molecule has 1 fully saturated rings. The number of benzene rings is 2. The number of piperidine rings is 1. The van der Waals surface area contributed by atoms with E-state index >= 15 is 0 Å². The van der Waals surface area contributed by atoms with Crippen molar-refractivity contribution in [3.05, 3.63) is 59.8 Å². The van der Waals surface area contributed by atoms with Crippen molar-refractivity contribution in [1.29, 1.82) is 0 Å². The van der Waals surface area contributed by atoms with Gasteiger partial charge in [0.25, 0.3) is 0 Å². The van der Waals surface area contributed by atoms with E-state index in [0.29, 0.717) is 49.9 Å². The van der Waals surface area contributed by atoms with Crippen molar-refractivity contribution >= 4 is 44.1 Å². The molecule has 1 aliphatic heterocycles. The van der Waals surface area contributed by atoms with Crippen LogP contribution in [-0.4, -0.2) is 56.4 Å². The van der Waals surface area contributed by atoms with Gasteiger partial charge < -0.3 is 15.4 Å². The Morgan fingerprint density at radius 1 is 1.17 bits per heavy atom. The summed E-state index contributed by atoms with van der Waals surface area (Å²) in [5.74, 6) is 0.106. The number of aromatic nitrogens is 1. The molecule has 2 N–H and O–H groups in total. The first-order chi connectivity index (χ1) is 16.9. The van der Waals surface area contributed by atoms with Crippen LogP contribution in [0.25, 0.3) is 10.9 Å². The van der Waals surface area contributed by atoms with Crippen molar-refractivity contribution in [2.75, 3.05) is 38.1 Å². The van der Waals surface area contributed by atoms with Crippen molar-refractivity contribution in [2.24, 2.45) is 5.92 Å². The van der Waals surface area contributed by atoms with Gasteiger partial charge in [0.15, 0.2) is 0 Å². The second-order valence-electron chi connectivity index (χ2n) is 8.34. The molecule has 1 saturated heterocycles. The predicted molar refractivity (Wildman–Crippen MR) is 137 cm³/mol. The van der Waals surface area contributed by atoms with Gasteiger partial charge in [0.05, 0.1) is 22.9 Å². The third-order valence-corrected chi connectivity index (χ3v) is 8.09. The zero-order chi connectivity index (χ0) is 24.8. The van der Waals surface area contributed by atoms with E-state index in [9.17, 15) is 13.2 Å². The Morgan fingerprint density at radius 2 is 1.97 bits per heavy atom. The summed E-state index contributed by atoms with van der Waals surface area (Å²) in [5, 5.41) is 7.83. The fourth-order valence-corrected chi connectivity index (χ4v) is 5.89. The number of pyridine rings is 1. The van der Waals surface area contributed by atoms with Gasteiger partial charge >= 0.3 is 0 Å². The Kier molecular flexibility index (Phi) is 8.10. The summed E-state index contributed by atoms with van der Waals surface area (Å²) in [6.07, 6.45) is 3.00. The maximum atomic E-state index is 13.1. The summed E-state index contributed by atoms with van der Waals surface area (Å²) < 4.78 is 33.0. The molecule has 1 atom stereocenters. The highest BCUT2D eigenvalue weighted by atomic mass is 35.5. The minimum atomic E-state index is -3.68. The largest absolute Gasteiger partial charge is 0.494 e. The molecule has 0 bridgehead atoms. The lowest BCUT2D eigenvalue weighted by atomic mass is 9.99. The van der Waals surface area contributed by atoms with Crippen molar-refractivity contribution in [3.63, 3.8) is 0 Å². The van der Waals surface area contributed by atoms with Crippen molar-refractivity contribution < 1.29 is 17.9 Å². The molecule has 1 aromatic heterocycles. The predicted octanol–water partition coefficient (Wildman–Crippen LogP) is 3.92. The van der Waals surface area contributed by atoms with Gasteiger partial charge in [-0.1, -0.05) is 11.6 Å². The quantitative estimate of drug-likeness (QED) is 0.418. The Hall–Kier alpha value is -2.88. The van der Waals surface area contributed by atoms with Crippen LogP contribution in [0.1, 0.15) is 19.8 Å². The van der Waals surface area contributed by atoms with E-state index in [0.717, 1.165) is 16.6 Å². The summed E-state index contributed by atoms with van der Waals surface area (Å²) in [7, 11) is -3.68. The number of nitrogens with one attached hydrogen (secondary N) is 2. The van der Waals surface area contributed by atoms with Gasteiger partial charge in [0.1, 0.15) is 5.75 Å². The molecule has 10 heteroatoms. The fraction of sp³-hybridized carbons (Fsp3) is 0.360. The van der Waals surface area contributed by atoms with Crippen LogP contribution in [0.15, 0.2) is 59.6 Å². The lowest BCUT2D eigenvalue weighted by Gasteiger charge is -2.31. The van der Waals surface area contributed by atoms with Gasteiger partial charge in [-0.2, -0.15) is 4.31 Å². The Bertz CT molecular complexity index is 1280. The molecule has 0 unspecified atom stereocenters. The number of halogens is 1. The number of sulfonamides is 1. The second-order valence-corrected chi connectivity index (χ2v) is 10.7. The third-order valence-electron chi connectivity index (χ3n) is 5.97.